The van der Waals surface area contributed by atoms with E-state index in [1.807, 2.05) is 19.2 Å². The minimum absolute atomic E-state index is 0.466. The summed E-state index contributed by atoms with van der Waals surface area (Å²) in [6, 6.07) is 9.07. The molecule has 2 aliphatic rings. The molecule has 2 aromatic rings. The molecule has 1 aromatic heterocycles. The third-order valence-corrected chi connectivity index (χ3v) is 5.29. The zero-order chi connectivity index (χ0) is 17.2. The van der Waals surface area contributed by atoms with Crippen molar-refractivity contribution in [2.75, 3.05) is 31.6 Å². The van der Waals surface area contributed by atoms with E-state index in [0.29, 0.717) is 6.04 Å². The molecule has 0 aliphatic carbocycles. The van der Waals surface area contributed by atoms with E-state index in [4.69, 9.17) is 4.74 Å². The molecule has 1 aromatic carbocycles. The fourth-order valence-electron chi connectivity index (χ4n) is 3.86. The monoisotopic (exact) mass is 338 g/mol. The maximum atomic E-state index is 5.62. The van der Waals surface area contributed by atoms with E-state index in [1.165, 1.54) is 24.0 Å². The summed E-state index contributed by atoms with van der Waals surface area (Å²) in [5, 5.41) is 0. The van der Waals surface area contributed by atoms with Crippen molar-refractivity contribution in [1.82, 2.24) is 14.9 Å². The van der Waals surface area contributed by atoms with Crippen molar-refractivity contribution in [1.29, 1.82) is 0 Å². The summed E-state index contributed by atoms with van der Waals surface area (Å²) >= 11 is 0. The summed E-state index contributed by atoms with van der Waals surface area (Å²) in [6.07, 6.45) is 5.30. The number of hydrogen-bond acceptors (Lipinski definition) is 5. The number of piperidine rings is 1. The second-order valence-corrected chi connectivity index (χ2v) is 7.18. The van der Waals surface area contributed by atoms with Crippen molar-refractivity contribution in [2.24, 2.45) is 0 Å². The topological polar surface area (TPSA) is 41.5 Å². The fourth-order valence-corrected chi connectivity index (χ4v) is 3.86. The quantitative estimate of drug-likeness (QED) is 0.857. The maximum absolute atomic E-state index is 5.62. The Hall–Kier alpha value is -2.14. The minimum Gasteiger partial charge on any atom is -0.493 e. The Morgan fingerprint density at radius 2 is 2.24 bits per heavy atom. The molecule has 1 fully saturated rings. The van der Waals surface area contributed by atoms with Gasteiger partial charge in [-0.2, -0.15) is 0 Å². The van der Waals surface area contributed by atoms with Gasteiger partial charge in [0.05, 0.1) is 6.61 Å². The van der Waals surface area contributed by atoms with Crippen molar-refractivity contribution in [3.05, 3.63) is 47.3 Å². The van der Waals surface area contributed by atoms with E-state index >= 15 is 0 Å². The van der Waals surface area contributed by atoms with Gasteiger partial charge in [0.25, 0.3) is 0 Å². The zero-order valence-electron chi connectivity index (χ0n) is 15.1. The molecular weight excluding hydrogens is 312 g/mol. The summed E-state index contributed by atoms with van der Waals surface area (Å²) < 4.78 is 5.62. The molecule has 2 aliphatic heterocycles. The highest BCUT2D eigenvalue weighted by Crippen LogP contribution is 2.27. The first kappa shape index (κ1) is 16.3. The second-order valence-electron chi connectivity index (χ2n) is 7.18. The van der Waals surface area contributed by atoms with Gasteiger partial charge >= 0.3 is 0 Å². The lowest BCUT2D eigenvalue weighted by Gasteiger charge is -2.37. The lowest BCUT2D eigenvalue weighted by molar-refractivity contribution is 0.198. The van der Waals surface area contributed by atoms with Gasteiger partial charge in [-0.25, -0.2) is 9.97 Å². The van der Waals surface area contributed by atoms with Crippen LogP contribution in [-0.4, -0.2) is 47.7 Å². The summed E-state index contributed by atoms with van der Waals surface area (Å²) in [7, 11) is 2.12. The van der Waals surface area contributed by atoms with Crippen LogP contribution >= 0.6 is 0 Å². The van der Waals surface area contributed by atoms with Crippen molar-refractivity contribution < 1.29 is 4.74 Å². The predicted molar refractivity (Wildman–Crippen MR) is 99.1 cm³/mol. The fraction of sp³-hybridized carbons (Fsp3) is 0.500. The largest absolute Gasteiger partial charge is 0.493 e. The molecule has 4 rings (SSSR count). The second kappa shape index (κ2) is 7.00. The van der Waals surface area contributed by atoms with Gasteiger partial charge in [0.2, 0.25) is 5.95 Å². The summed E-state index contributed by atoms with van der Waals surface area (Å²) in [6.45, 7) is 6.07. The molecule has 0 amide bonds. The number of anilines is 1. The van der Waals surface area contributed by atoms with Crippen molar-refractivity contribution in [2.45, 2.75) is 38.8 Å². The molecule has 25 heavy (non-hydrogen) atoms. The van der Waals surface area contributed by atoms with Crippen LogP contribution in [0.4, 0.5) is 5.95 Å². The van der Waals surface area contributed by atoms with Crippen LogP contribution < -0.4 is 9.64 Å². The highest BCUT2D eigenvalue weighted by atomic mass is 16.5. The van der Waals surface area contributed by atoms with Gasteiger partial charge in [-0.15, -0.1) is 0 Å². The molecule has 0 spiro atoms. The van der Waals surface area contributed by atoms with Crippen LogP contribution in [0.25, 0.3) is 0 Å². The summed E-state index contributed by atoms with van der Waals surface area (Å²) in [5.74, 6) is 1.90. The van der Waals surface area contributed by atoms with Crippen LogP contribution in [0.15, 0.2) is 30.5 Å². The third kappa shape index (κ3) is 3.61. The van der Waals surface area contributed by atoms with Gasteiger partial charge in [0.15, 0.2) is 0 Å². The highest BCUT2D eigenvalue weighted by Gasteiger charge is 2.25. The molecule has 0 bridgehead atoms. The number of ether oxygens (including phenoxy) is 1. The van der Waals surface area contributed by atoms with E-state index in [2.05, 4.69) is 45.0 Å². The summed E-state index contributed by atoms with van der Waals surface area (Å²) in [5.41, 5.74) is 3.76. The Bertz CT molecular complexity index is 748. The van der Waals surface area contributed by atoms with Crippen molar-refractivity contribution >= 4 is 5.95 Å². The van der Waals surface area contributed by atoms with Crippen LogP contribution in [0.5, 0.6) is 5.75 Å². The maximum Gasteiger partial charge on any atom is 0.225 e. The standard InChI is InChI=1S/C20H26N4O/c1-15-7-9-21-20(22-15)23(2)18-4-3-10-24(14-18)13-16-5-6-19-17(12-16)8-11-25-19/h5-7,9,12,18H,3-4,8,10-11,13-14H2,1-2H3. The van der Waals surface area contributed by atoms with Crippen LogP contribution in [-0.2, 0) is 13.0 Å². The number of nitrogens with zero attached hydrogens (tertiary/aromatic N) is 4. The van der Waals surface area contributed by atoms with E-state index in [9.17, 15) is 0 Å². The van der Waals surface area contributed by atoms with Gasteiger partial charge in [0.1, 0.15) is 5.75 Å². The van der Waals surface area contributed by atoms with Gasteiger partial charge in [0, 0.05) is 44.5 Å². The van der Waals surface area contributed by atoms with Crippen molar-refractivity contribution in [3.63, 3.8) is 0 Å². The number of likely N-dealkylation sites (N-methyl/N-ethyl adjacent to an activating group) is 1. The first-order valence-corrected chi connectivity index (χ1v) is 9.18. The summed E-state index contributed by atoms with van der Waals surface area (Å²) in [4.78, 5) is 13.8. The molecule has 132 valence electrons. The Morgan fingerprint density at radius 1 is 1.32 bits per heavy atom. The molecular formula is C20H26N4O. The zero-order valence-corrected chi connectivity index (χ0v) is 15.1. The van der Waals surface area contributed by atoms with E-state index < -0.39 is 0 Å². The number of hydrogen-bond donors (Lipinski definition) is 0. The highest BCUT2D eigenvalue weighted by molar-refractivity contribution is 5.39. The van der Waals surface area contributed by atoms with E-state index in [-0.39, 0.29) is 0 Å². The normalized spacial score (nSPS) is 20.2. The van der Waals surface area contributed by atoms with E-state index in [1.54, 1.807) is 0 Å². The Labute approximate surface area is 149 Å². The molecule has 1 atom stereocenters. The number of likely N-dealkylation sites (tertiary alicyclic amines) is 1. The smallest absolute Gasteiger partial charge is 0.225 e. The average Bonchev–Trinajstić information content (AvgIpc) is 3.09. The molecule has 1 saturated heterocycles. The van der Waals surface area contributed by atoms with Gasteiger partial charge in [-0.1, -0.05) is 12.1 Å². The van der Waals surface area contributed by atoms with Crippen LogP contribution in [0.2, 0.25) is 0 Å². The first-order chi connectivity index (χ1) is 12.2. The lowest BCUT2D eigenvalue weighted by atomic mass is 10.0. The van der Waals surface area contributed by atoms with Crippen LogP contribution in [0, 0.1) is 6.92 Å². The Morgan fingerprint density at radius 3 is 3.12 bits per heavy atom. The Kier molecular flexibility index (Phi) is 4.57. The average molecular weight is 338 g/mol. The first-order valence-electron chi connectivity index (χ1n) is 9.18. The predicted octanol–water partition coefficient (Wildman–Crippen LogP) is 2.82. The number of aromatic nitrogens is 2. The van der Waals surface area contributed by atoms with E-state index in [0.717, 1.165) is 50.1 Å². The lowest BCUT2D eigenvalue weighted by Crippen LogP contribution is -2.46. The minimum atomic E-state index is 0.466. The van der Waals surface area contributed by atoms with Crippen LogP contribution in [0.1, 0.15) is 29.7 Å². The molecule has 0 N–H and O–H groups in total. The SMILES string of the molecule is Cc1ccnc(N(C)C2CCCN(Cc3ccc4c(c3)CCO4)C2)n1. The van der Waals surface area contributed by atoms with Gasteiger partial charge in [-0.3, -0.25) is 4.90 Å². The molecule has 5 nitrogen and oxygen atoms in total. The van der Waals surface area contributed by atoms with Gasteiger partial charge in [-0.05, 0) is 49.6 Å². The third-order valence-electron chi connectivity index (χ3n) is 5.29. The molecule has 1 unspecified atom stereocenters. The number of benzene rings is 1. The molecule has 0 radical (unpaired) electrons. The van der Waals surface area contributed by atoms with Crippen LogP contribution in [0.3, 0.4) is 0 Å². The number of rotatable bonds is 4. The molecule has 5 heteroatoms. The van der Waals surface area contributed by atoms with Gasteiger partial charge < -0.3 is 9.64 Å². The number of fused-ring (bicyclic) bond motifs is 1. The molecule has 0 saturated carbocycles. The Balaban J connectivity index is 1.42. The molecule has 3 heterocycles. The van der Waals surface area contributed by atoms with Crippen molar-refractivity contribution in [3.8, 4) is 5.75 Å². The number of aryl methyl sites for hydroxylation is 1.